The normalized spacial score (nSPS) is 12.1. The Labute approximate surface area is 85.0 Å². The minimum atomic E-state index is -0.646. The lowest BCUT2D eigenvalue weighted by Crippen LogP contribution is -1.95. The molecule has 1 rings (SSSR count). The molecule has 0 saturated heterocycles. The van der Waals surface area contributed by atoms with Gasteiger partial charge >= 0.3 is 0 Å². The van der Waals surface area contributed by atoms with E-state index in [1.807, 2.05) is 30.3 Å². The Morgan fingerprint density at radius 3 is 2.50 bits per heavy atom. The maximum atomic E-state index is 9.39. The van der Waals surface area contributed by atoms with Crippen LogP contribution in [0.4, 0.5) is 0 Å². The molecule has 1 N–H and O–H groups in total. The Bertz CT molecular complexity index is 288. The molecule has 12 heavy (non-hydrogen) atoms. The van der Waals surface area contributed by atoms with Crippen molar-refractivity contribution < 1.29 is 5.11 Å². The SMILES string of the molecule is N#CC[C@H](O)c1ccc(I)cc1. The van der Waals surface area contributed by atoms with Gasteiger partial charge in [-0.05, 0) is 40.3 Å². The van der Waals surface area contributed by atoms with Crippen LogP contribution in [0.25, 0.3) is 0 Å². The highest BCUT2D eigenvalue weighted by Crippen LogP contribution is 2.16. The summed E-state index contributed by atoms with van der Waals surface area (Å²) in [7, 11) is 0. The molecule has 0 spiro atoms. The Morgan fingerprint density at radius 1 is 1.42 bits per heavy atom. The van der Waals surface area contributed by atoms with Crippen molar-refractivity contribution in [3.05, 3.63) is 33.4 Å². The first-order valence-electron chi connectivity index (χ1n) is 3.54. The number of hydrogen-bond acceptors (Lipinski definition) is 2. The Kier molecular flexibility index (Phi) is 3.50. The molecular weight excluding hydrogens is 265 g/mol. The van der Waals surface area contributed by atoms with E-state index < -0.39 is 6.10 Å². The van der Waals surface area contributed by atoms with Crippen molar-refractivity contribution in [1.82, 2.24) is 0 Å². The summed E-state index contributed by atoms with van der Waals surface area (Å²) in [6, 6.07) is 9.43. The number of hydrogen-bond donors (Lipinski definition) is 1. The van der Waals surface area contributed by atoms with E-state index in [0.29, 0.717) is 0 Å². The van der Waals surface area contributed by atoms with E-state index >= 15 is 0 Å². The highest BCUT2D eigenvalue weighted by Gasteiger charge is 2.05. The summed E-state index contributed by atoms with van der Waals surface area (Å²) < 4.78 is 1.13. The molecule has 0 aliphatic heterocycles. The third-order valence-electron chi connectivity index (χ3n) is 1.54. The minimum Gasteiger partial charge on any atom is -0.387 e. The van der Waals surface area contributed by atoms with Crippen molar-refractivity contribution >= 4 is 22.6 Å². The molecule has 0 heterocycles. The van der Waals surface area contributed by atoms with E-state index in [1.165, 1.54) is 0 Å². The Hall–Kier alpha value is -0.600. The molecule has 1 aromatic carbocycles. The van der Waals surface area contributed by atoms with Gasteiger partial charge in [-0.1, -0.05) is 12.1 Å². The number of nitriles is 1. The molecule has 3 heteroatoms. The Morgan fingerprint density at radius 2 is 2.00 bits per heavy atom. The lowest BCUT2D eigenvalue weighted by Gasteiger charge is -2.05. The summed E-state index contributed by atoms with van der Waals surface area (Å²) in [6.45, 7) is 0. The average Bonchev–Trinajstić information content (AvgIpc) is 2.06. The van der Waals surface area contributed by atoms with Crippen LogP contribution in [0.5, 0.6) is 0 Å². The summed E-state index contributed by atoms with van der Waals surface area (Å²) in [5.74, 6) is 0. The number of halogens is 1. The summed E-state index contributed by atoms with van der Waals surface area (Å²) in [5, 5.41) is 17.7. The quantitative estimate of drug-likeness (QED) is 0.840. The first-order chi connectivity index (χ1) is 5.74. The molecular formula is C9H8INO. The zero-order valence-electron chi connectivity index (χ0n) is 6.37. The smallest absolute Gasteiger partial charge is 0.0919 e. The van der Waals surface area contributed by atoms with E-state index in [1.54, 1.807) is 0 Å². The predicted molar refractivity (Wildman–Crippen MR) is 54.3 cm³/mol. The van der Waals surface area contributed by atoms with Gasteiger partial charge < -0.3 is 5.11 Å². The summed E-state index contributed by atoms with van der Waals surface area (Å²) in [5.41, 5.74) is 0.803. The second-order valence-corrected chi connectivity index (χ2v) is 3.68. The molecule has 0 aliphatic rings. The lowest BCUT2D eigenvalue weighted by atomic mass is 10.1. The second kappa shape index (κ2) is 4.43. The van der Waals surface area contributed by atoms with E-state index in [-0.39, 0.29) is 6.42 Å². The summed E-state index contributed by atoms with van der Waals surface area (Å²) in [6.07, 6.45) is -0.493. The highest BCUT2D eigenvalue weighted by molar-refractivity contribution is 14.1. The molecule has 0 aliphatic carbocycles. The number of benzene rings is 1. The van der Waals surface area contributed by atoms with Crippen LogP contribution in [0, 0.1) is 14.9 Å². The van der Waals surface area contributed by atoms with Crippen molar-refractivity contribution in [2.24, 2.45) is 0 Å². The lowest BCUT2D eigenvalue weighted by molar-refractivity contribution is 0.183. The fourth-order valence-electron chi connectivity index (χ4n) is 0.889. The third-order valence-corrected chi connectivity index (χ3v) is 2.26. The van der Waals surface area contributed by atoms with Gasteiger partial charge in [0.25, 0.3) is 0 Å². The van der Waals surface area contributed by atoms with Gasteiger partial charge in [0.1, 0.15) is 0 Å². The zero-order valence-corrected chi connectivity index (χ0v) is 8.52. The van der Waals surface area contributed by atoms with Crippen LogP contribution in [0.3, 0.4) is 0 Å². The van der Waals surface area contributed by atoms with Gasteiger partial charge in [0.2, 0.25) is 0 Å². The van der Waals surface area contributed by atoms with Crippen LogP contribution in [0.1, 0.15) is 18.1 Å². The fourth-order valence-corrected chi connectivity index (χ4v) is 1.25. The monoisotopic (exact) mass is 273 g/mol. The number of aliphatic hydroxyl groups is 1. The maximum absolute atomic E-state index is 9.39. The molecule has 0 aromatic heterocycles. The standard InChI is InChI=1S/C9H8INO/c10-8-3-1-7(2-4-8)9(12)5-6-11/h1-4,9,12H,5H2/t9-/m0/s1. The van der Waals surface area contributed by atoms with Crippen molar-refractivity contribution in [2.75, 3.05) is 0 Å². The van der Waals surface area contributed by atoms with Gasteiger partial charge in [0, 0.05) is 3.57 Å². The fraction of sp³-hybridized carbons (Fsp3) is 0.222. The van der Waals surface area contributed by atoms with Crippen LogP contribution in [-0.4, -0.2) is 5.11 Å². The van der Waals surface area contributed by atoms with Gasteiger partial charge in [-0.25, -0.2) is 0 Å². The topological polar surface area (TPSA) is 44.0 Å². The van der Waals surface area contributed by atoms with Crippen LogP contribution in [0.15, 0.2) is 24.3 Å². The van der Waals surface area contributed by atoms with Crippen molar-refractivity contribution in [3.63, 3.8) is 0 Å². The van der Waals surface area contributed by atoms with Gasteiger partial charge in [-0.15, -0.1) is 0 Å². The first-order valence-corrected chi connectivity index (χ1v) is 4.62. The van der Waals surface area contributed by atoms with Crippen molar-refractivity contribution in [1.29, 1.82) is 5.26 Å². The number of aliphatic hydroxyl groups excluding tert-OH is 1. The molecule has 0 saturated carbocycles. The summed E-state index contributed by atoms with van der Waals surface area (Å²) >= 11 is 2.19. The van der Waals surface area contributed by atoms with Gasteiger partial charge in [-0.3, -0.25) is 0 Å². The largest absolute Gasteiger partial charge is 0.387 e. The molecule has 0 unspecified atom stereocenters. The van der Waals surface area contributed by atoms with Crippen LogP contribution >= 0.6 is 22.6 Å². The molecule has 62 valence electrons. The maximum Gasteiger partial charge on any atom is 0.0919 e. The van der Waals surface area contributed by atoms with Crippen LogP contribution in [0.2, 0.25) is 0 Å². The second-order valence-electron chi connectivity index (χ2n) is 2.43. The molecule has 0 bridgehead atoms. The molecule has 0 fully saturated rings. The van der Waals surface area contributed by atoms with Crippen LogP contribution in [-0.2, 0) is 0 Å². The molecule has 0 radical (unpaired) electrons. The van der Waals surface area contributed by atoms with Gasteiger partial charge in [-0.2, -0.15) is 5.26 Å². The zero-order chi connectivity index (χ0) is 8.97. The van der Waals surface area contributed by atoms with Crippen molar-refractivity contribution in [3.8, 4) is 6.07 Å². The summed E-state index contributed by atoms with van der Waals surface area (Å²) in [4.78, 5) is 0. The van der Waals surface area contributed by atoms with Gasteiger partial charge in [0.05, 0.1) is 18.6 Å². The Balaban J connectivity index is 2.76. The van der Waals surface area contributed by atoms with E-state index in [9.17, 15) is 5.11 Å². The highest BCUT2D eigenvalue weighted by atomic mass is 127. The third kappa shape index (κ3) is 2.47. The molecule has 0 amide bonds. The molecule has 1 atom stereocenters. The first kappa shape index (κ1) is 9.49. The number of nitrogens with zero attached hydrogens (tertiary/aromatic N) is 1. The number of rotatable bonds is 2. The van der Waals surface area contributed by atoms with E-state index in [0.717, 1.165) is 9.13 Å². The molecule has 1 aromatic rings. The van der Waals surface area contributed by atoms with Crippen molar-refractivity contribution in [2.45, 2.75) is 12.5 Å². The minimum absolute atomic E-state index is 0.153. The van der Waals surface area contributed by atoms with Gasteiger partial charge in [0.15, 0.2) is 0 Å². The van der Waals surface area contributed by atoms with E-state index in [2.05, 4.69) is 22.6 Å². The molecule has 2 nitrogen and oxygen atoms in total. The van der Waals surface area contributed by atoms with E-state index in [4.69, 9.17) is 5.26 Å². The predicted octanol–water partition coefficient (Wildman–Crippen LogP) is 2.24. The average molecular weight is 273 g/mol. The van der Waals surface area contributed by atoms with Crippen LogP contribution < -0.4 is 0 Å².